The molecule has 2 heteroatoms. The van der Waals surface area contributed by atoms with E-state index in [0.29, 0.717) is 6.17 Å². The lowest BCUT2D eigenvalue weighted by atomic mass is 10.1. The predicted octanol–water partition coefficient (Wildman–Crippen LogP) is 5.36. The summed E-state index contributed by atoms with van der Waals surface area (Å²) in [5.41, 5.74) is 0. The molecule has 1 heterocycles. The van der Waals surface area contributed by atoms with Crippen molar-refractivity contribution in [2.45, 2.75) is 91.1 Å². The van der Waals surface area contributed by atoms with Crippen LogP contribution in [0.15, 0.2) is 12.4 Å². The number of rotatable bonds is 12. The first-order chi connectivity index (χ1) is 9.83. The quantitative estimate of drug-likeness (QED) is 0.444. The van der Waals surface area contributed by atoms with Crippen molar-refractivity contribution in [2.24, 2.45) is 0 Å². The second-order valence-electron chi connectivity index (χ2n) is 6.16. The summed E-state index contributed by atoms with van der Waals surface area (Å²) in [6, 6.07) is 0. The molecule has 0 saturated carbocycles. The smallest absolute Gasteiger partial charge is 0.101 e. The van der Waals surface area contributed by atoms with Crippen molar-refractivity contribution in [3.8, 4) is 0 Å². The Kier molecular flexibility index (Phi) is 9.61. The summed E-state index contributed by atoms with van der Waals surface area (Å²) in [5.74, 6) is 0. The van der Waals surface area contributed by atoms with Crippen LogP contribution in [-0.4, -0.2) is 29.1 Å². The van der Waals surface area contributed by atoms with E-state index >= 15 is 0 Å². The number of nitrogens with zero attached hydrogens (tertiary/aromatic N) is 2. The third-order valence-corrected chi connectivity index (χ3v) is 4.24. The summed E-state index contributed by atoms with van der Waals surface area (Å²) in [6.45, 7) is 9.26. The highest BCUT2D eigenvalue weighted by Gasteiger charge is 2.24. The fraction of sp³-hybridized carbons (Fsp3) is 0.889. The molecule has 20 heavy (non-hydrogen) atoms. The van der Waals surface area contributed by atoms with Gasteiger partial charge < -0.3 is 9.80 Å². The molecule has 0 aliphatic carbocycles. The van der Waals surface area contributed by atoms with E-state index < -0.39 is 0 Å². The Morgan fingerprint density at radius 3 is 1.65 bits per heavy atom. The summed E-state index contributed by atoms with van der Waals surface area (Å²) in [6.07, 6.45) is 19.0. The summed E-state index contributed by atoms with van der Waals surface area (Å²) in [5, 5.41) is 0. The number of hydrogen-bond donors (Lipinski definition) is 0. The van der Waals surface area contributed by atoms with Crippen molar-refractivity contribution in [1.82, 2.24) is 9.80 Å². The topological polar surface area (TPSA) is 6.48 Å². The van der Waals surface area contributed by atoms with E-state index in [1.807, 2.05) is 0 Å². The van der Waals surface area contributed by atoms with Gasteiger partial charge in [0, 0.05) is 25.5 Å². The van der Waals surface area contributed by atoms with Crippen molar-refractivity contribution in [3.63, 3.8) is 0 Å². The van der Waals surface area contributed by atoms with E-state index in [1.54, 1.807) is 0 Å². The first-order valence-corrected chi connectivity index (χ1v) is 9.03. The SMILES string of the molecule is CCCCCCCCCC1N(CCC)C=CN1CCC. The fourth-order valence-corrected chi connectivity index (χ4v) is 3.14. The third-order valence-electron chi connectivity index (χ3n) is 4.24. The van der Waals surface area contributed by atoms with Gasteiger partial charge >= 0.3 is 0 Å². The molecule has 0 aromatic carbocycles. The molecule has 0 radical (unpaired) electrons. The van der Waals surface area contributed by atoms with E-state index in [9.17, 15) is 0 Å². The van der Waals surface area contributed by atoms with E-state index in [1.165, 1.54) is 77.3 Å². The van der Waals surface area contributed by atoms with E-state index in [0.717, 1.165) is 0 Å². The van der Waals surface area contributed by atoms with Crippen molar-refractivity contribution in [1.29, 1.82) is 0 Å². The first kappa shape index (κ1) is 17.4. The van der Waals surface area contributed by atoms with Crippen molar-refractivity contribution in [3.05, 3.63) is 12.4 Å². The number of unbranched alkanes of at least 4 members (excludes halogenated alkanes) is 6. The number of hydrogen-bond acceptors (Lipinski definition) is 2. The molecule has 0 aromatic heterocycles. The highest BCUT2D eigenvalue weighted by atomic mass is 15.4. The average Bonchev–Trinajstić information content (AvgIpc) is 2.81. The molecule has 0 N–H and O–H groups in total. The molecule has 1 rings (SSSR count). The van der Waals surface area contributed by atoms with Gasteiger partial charge in [-0.2, -0.15) is 0 Å². The van der Waals surface area contributed by atoms with E-state index in [-0.39, 0.29) is 0 Å². The monoisotopic (exact) mass is 280 g/mol. The third kappa shape index (κ3) is 6.19. The van der Waals surface area contributed by atoms with Crippen molar-refractivity contribution >= 4 is 0 Å². The van der Waals surface area contributed by atoms with Gasteiger partial charge in [-0.05, 0) is 25.7 Å². The minimum atomic E-state index is 0.644. The Morgan fingerprint density at radius 1 is 0.650 bits per heavy atom. The fourth-order valence-electron chi connectivity index (χ4n) is 3.14. The predicted molar refractivity (Wildman–Crippen MR) is 89.5 cm³/mol. The second-order valence-corrected chi connectivity index (χ2v) is 6.16. The van der Waals surface area contributed by atoms with Crippen LogP contribution in [0.5, 0.6) is 0 Å². The minimum Gasteiger partial charge on any atom is -0.356 e. The molecule has 0 saturated heterocycles. The summed E-state index contributed by atoms with van der Waals surface area (Å²) in [7, 11) is 0. The van der Waals surface area contributed by atoms with Gasteiger partial charge in [-0.3, -0.25) is 0 Å². The van der Waals surface area contributed by atoms with Crippen molar-refractivity contribution in [2.75, 3.05) is 13.1 Å². The molecule has 0 fully saturated rings. The van der Waals surface area contributed by atoms with Crippen LogP contribution < -0.4 is 0 Å². The molecule has 0 spiro atoms. The van der Waals surface area contributed by atoms with Gasteiger partial charge in [0.25, 0.3) is 0 Å². The molecule has 0 bridgehead atoms. The Bertz CT molecular complexity index is 234. The molecule has 1 aliphatic heterocycles. The van der Waals surface area contributed by atoms with Crippen LogP contribution in [0.3, 0.4) is 0 Å². The zero-order chi connectivity index (χ0) is 14.6. The van der Waals surface area contributed by atoms with Crippen LogP contribution in [0.2, 0.25) is 0 Å². The molecule has 118 valence electrons. The normalized spacial score (nSPS) is 15.6. The van der Waals surface area contributed by atoms with Gasteiger partial charge in [-0.1, -0.05) is 59.3 Å². The van der Waals surface area contributed by atoms with Gasteiger partial charge in [-0.25, -0.2) is 0 Å². The zero-order valence-corrected chi connectivity index (χ0v) is 14.1. The molecule has 0 amide bonds. The van der Waals surface area contributed by atoms with Gasteiger partial charge in [-0.15, -0.1) is 0 Å². The van der Waals surface area contributed by atoms with Gasteiger partial charge in [0.15, 0.2) is 0 Å². The lowest BCUT2D eigenvalue weighted by Crippen LogP contribution is -2.39. The van der Waals surface area contributed by atoms with Crippen LogP contribution in [-0.2, 0) is 0 Å². The summed E-state index contributed by atoms with van der Waals surface area (Å²) < 4.78 is 0. The minimum absolute atomic E-state index is 0.644. The molecular weight excluding hydrogens is 244 g/mol. The second kappa shape index (κ2) is 11.0. The molecule has 2 nitrogen and oxygen atoms in total. The van der Waals surface area contributed by atoms with Crippen LogP contribution >= 0.6 is 0 Å². The molecule has 0 unspecified atom stereocenters. The first-order valence-electron chi connectivity index (χ1n) is 9.03. The molecule has 0 atom stereocenters. The van der Waals surface area contributed by atoms with Crippen LogP contribution in [0.25, 0.3) is 0 Å². The maximum atomic E-state index is 2.55. The van der Waals surface area contributed by atoms with E-state index in [2.05, 4.69) is 43.0 Å². The maximum Gasteiger partial charge on any atom is 0.101 e. The van der Waals surface area contributed by atoms with Gasteiger partial charge in [0.05, 0.1) is 0 Å². The lowest BCUT2D eigenvalue weighted by Gasteiger charge is -2.32. The standard InChI is InChI=1S/C18H36N2/c1-4-7-8-9-10-11-12-13-18-19(14-5-2)16-17-20(18)15-6-3/h16-18H,4-15H2,1-3H3. The molecule has 0 aromatic rings. The Labute approximate surface area is 127 Å². The van der Waals surface area contributed by atoms with Crippen molar-refractivity contribution < 1.29 is 0 Å². The van der Waals surface area contributed by atoms with E-state index in [4.69, 9.17) is 0 Å². The maximum absolute atomic E-state index is 2.55. The van der Waals surface area contributed by atoms with Gasteiger partial charge in [0.1, 0.15) is 6.17 Å². The van der Waals surface area contributed by atoms with Crippen LogP contribution in [0.1, 0.15) is 85.0 Å². The zero-order valence-electron chi connectivity index (χ0n) is 14.1. The Morgan fingerprint density at radius 2 is 1.15 bits per heavy atom. The summed E-state index contributed by atoms with van der Waals surface area (Å²) in [4.78, 5) is 5.10. The lowest BCUT2D eigenvalue weighted by molar-refractivity contribution is 0.139. The van der Waals surface area contributed by atoms with Gasteiger partial charge in [0.2, 0.25) is 0 Å². The largest absolute Gasteiger partial charge is 0.356 e. The van der Waals surface area contributed by atoms with Crippen LogP contribution in [0, 0.1) is 0 Å². The summed E-state index contributed by atoms with van der Waals surface area (Å²) >= 11 is 0. The molecular formula is C18H36N2. The average molecular weight is 281 g/mol. The highest BCUT2D eigenvalue weighted by Crippen LogP contribution is 2.22. The highest BCUT2D eigenvalue weighted by molar-refractivity contribution is 4.96. The molecule has 1 aliphatic rings. The van der Waals surface area contributed by atoms with Crippen LogP contribution in [0.4, 0.5) is 0 Å². The Hall–Kier alpha value is -0.660. The Balaban J connectivity index is 2.20.